The van der Waals surface area contributed by atoms with Crippen molar-refractivity contribution in [3.05, 3.63) is 54.2 Å². The summed E-state index contributed by atoms with van der Waals surface area (Å²) in [5.41, 5.74) is 1.33. The molecule has 6 nitrogen and oxygen atoms in total. The number of hydrogen-bond acceptors (Lipinski definition) is 6. The van der Waals surface area contributed by atoms with Crippen molar-refractivity contribution in [2.24, 2.45) is 0 Å². The quantitative estimate of drug-likeness (QED) is 0.746. The first-order valence-corrected chi connectivity index (χ1v) is 7.24. The number of aromatic nitrogens is 2. The van der Waals surface area contributed by atoms with Crippen LogP contribution in [0.1, 0.15) is 5.89 Å². The van der Waals surface area contributed by atoms with E-state index in [2.05, 4.69) is 15.5 Å². The standard InChI is InChI=1S/C17H16FN3O3/c1-22-13-6-7-14(15(9-13)23-2)17-20-16(24-21-17)10-19-12-5-3-4-11(18)8-12/h3-9,19H,10H2,1-2H3. The van der Waals surface area contributed by atoms with Crippen LogP contribution >= 0.6 is 0 Å². The van der Waals surface area contributed by atoms with E-state index < -0.39 is 0 Å². The number of rotatable bonds is 6. The van der Waals surface area contributed by atoms with E-state index in [1.54, 1.807) is 44.6 Å². The highest BCUT2D eigenvalue weighted by Crippen LogP contribution is 2.31. The molecule has 7 heteroatoms. The Balaban J connectivity index is 1.76. The zero-order valence-corrected chi connectivity index (χ0v) is 13.2. The highest BCUT2D eigenvalue weighted by atomic mass is 19.1. The number of ether oxygens (including phenoxy) is 2. The second-order valence-electron chi connectivity index (χ2n) is 4.94. The van der Waals surface area contributed by atoms with Crippen LogP contribution in [0.3, 0.4) is 0 Å². The minimum atomic E-state index is -0.311. The highest BCUT2D eigenvalue weighted by Gasteiger charge is 2.14. The van der Waals surface area contributed by atoms with Gasteiger partial charge in [-0.15, -0.1) is 0 Å². The molecular weight excluding hydrogens is 313 g/mol. The summed E-state index contributed by atoms with van der Waals surface area (Å²) in [5.74, 6) is 1.73. The summed E-state index contributed by atoms with van der Waals surface area (Å²) < 4.78 is 28.9. The molecule has 0 unspecified atom stereocenters. The molecule has 0 radical (unpaired) electrons. The van der Waals surface area contributed by atoms with Gasteiger partial charge in [-0.25, -0.2) is 4.39 Å². The molecule has 1 heterocycles. The predicted octanol–water partition coefficient (Wildman–Crippen LogP) is 3.51. The molecule has 1 aromatic heterocycles. The maximum atomic E-state index is 13.1. The van der Waals surface area contributed by atoms with Gasteiger partial charge in [0, 0.05) is 11.8 Å². The van der Waals surface area contributed by atoms with Crippen molar-refractivity contribution in [2.45, 2.75) is 6.54 Å². The fourth-order valence-corrected chi connectivity index (χ4v) is 2.20. The lowest BCUT2D eigenvalue weighted by molar-refractivity contribution is 0.382. The monoisotopic (exact) mass is 329 g/mol. The first-order valence-electron chi connectivity index (χ1n) is 7.24. The summed E-state index contributed by atoms with van der Waals surface area (Å²) in [6, 6.07) is 11.5. The lowest BCUT2D eigenvalue weighted by Gasteiger charge is -2.07. The summed E-state index contributed by atoms with van der Waals surface area (Å²) in [7, 11) is 3.14. The molecule has 2 aromatic carbocycles. The van der Waals surface area contributed by atoms with E-state index in [1.807, 2.05) is 0 Å². The van der Waals surface area contributed by atoms with E-state index >= 15 is 0 Å². The average molecular weight is 329 g/mol. The first-order chi connectivity index (χ1) is 11.7. The average Bonchev–Trinajstić information content (AvgIpc) is 3.08. The summed E-state index contributed by atoms with van der Waals surface area (Å²) in [6.45, 7) is 0.287. The summed E-state index contributed by atoms with van der Waals surface area (Å²) in [6.07, 6.45) is 0. The fraction of sp³-hybridized carbons (Fsp3) is 0.176. The molecule has 24 heavy (non-hydrogen) atoms. The van der Waals surface area contributed by atoms with Crippen molar-refractivity contribution in [1.82, 2.24) is 10.1 Å². The number of anilines is 1. The van der Waals surface area contributed by atoms with E-state index in [-0.39, 0.29) is 12.4 Å². The van der Waals surface area contributed by atoms with E-state index in [1.165, 1.54) is 12.1 Å². The molecule has 0 aliphatic carbocycles. The fourth-order valence-electron chi connectivity index (χ4n) is 2.20. The van der Waals surface area contributed by atoms with E-state index in [9.17, 15) is 4.39 Å². The van der Waals surface area contributed by atoms with Crippen LogP contribution in [0, 0.1) is 5.82 Å². The van der Waals surface area contributed by atoms with Gasteiger partial charge in [0.1, 0.15) is 17.3 Å². The SMILES string of the molecule is COc1ccc(-c2noc(CNc3cccc(F)c3)n2)c(OC)c1. The van der Waals surface area contributed by atoms with Gasteiger partial charge in [0.15, 0.2) is 0 Å². The number of halogens is 1. The zero-order chi connectivity index (χ0) is 16.9. The van der Waals surface area contributed by atoms with E-state index in [0.717, 1.165) is 0 Å². The number of methoxy groups -OCH3 is 2. The van der Waals surface area contributed by atoms with Gasteiger partial charge in [-0.1, -0.05) is 11.2 Å². The lowest BCUT2D eigenvalue weighted by Crippen LogP contribution is -2.00. The number of nitrogens with one attached hydrogen (secondary N) is 1. The molecule has 0 saturated heterocycles. The van der Waals surface area contributed by atoms with Crippen LogP contribution in [0.4, 0.5) is 10.1 Å². The van der Waals surface area contributed by atoms with Crippen molar-refractivity contribution in [1.29, 1.82) is 0 Å². The Morgan fingerprint density at radius 2 is 2.00 bits per heavy atom. The van der Waals surface area contributed by atoms with Crippen LogP contribution in [0.2, 0.25) is 0 Å². The number of nitrogens with zero attached hydrogens (tertiary/aromatic N) is 2. The van der Waals surface area contributed by atoms with Crippen LogP contribution in [-0.4, -0.2) is 24.4 Å². The topological polar surface area (TPSA) is 69.4 Å². The maximum Gasteiger partial charge on any atom is 0.246 e. The van der Waals surface area contributed by atoms with Crippen molar-refractivity contribution in [3.8, 4) is 22.9 Å². The summed E-state index contributed by atoms with van der Waals surface area (Å²) >= 11 is 0. The van der Waals surface area contributed by atoms with Crippen molar-refractivity contribution in [2.75, 3.05) is 19.5 Å². The summed E-state index contributed by atoms with van der Waals surface area (Å²) in [4.78, 5) is 4.33. The molecular formula is C17H16FN3O3. The third-order valence-electron chi connectivity index (χ3n) is 3.39. The van der Waals surface area contributed by atoms with Gasteiger partial charge in [0.25, 0.3) is 0 Å². The molecule has 3 rings (SSSR count). The molecule has 0 fully saturated rings. The molecule has 0 aliphatic rings. The molecule has 0 saturated carbocycles. The van der Waals surface area contributed by atoms with Crippen LogP contribution < -0.4 is 14.8 Å². The molecule has 0 spiro atoms. The van der Waals surface area contributed by atoms with Crippen LogP contribution in [0.25, 0.3) is 11.4 Å². The third-order valence-corrected chi connectivity index (χ3v) is 3.39. The lowest BCUT2D eigenvalue weighted by atomic mass is 10.2. The Kier molecular flexibility index (Phi) is 4.60. The van der Waals surface area contributed by atoms with Gasteiger partial charge in [-0.05, 0) is 30.3 Å². The van der Waals surface area contributed by atoms with Crippen molar-refractivity contribution < 1.29 is 18.4 Å². The molecule has 0 aliphatic heterocycles. The Labute approximate surface area is 138 Å². The van der Waals surface area contributed by atoms with E-state index in [0.29, 0.717) is 34.5 Å². The van der Waals surface area contributed by atoms with Crippen LogP contribution in [0.5, 0.6) is 11.5 Å². The smallest absolute Gasteiger partial charge is 0.246 e. The van der Waals surface area contributed by atoms with Gasteiger partial charge in [-0.3, -0.25) is 0 Å². The van der Waals surface area contributed by atoms with Crippen molar-refractivity contribution >= 4 is 5.69 Å². The van der Waals surface area contributed by atoms with Gasteiger partial charge in [-0.2, -0.15) is 4.98 Å². The molecule has 0 atom stereocenters. The highest BCUT2D eigenvalue weighted by molar-refractivity contribution is 5.65. The first kappa shape index (κ1) is 15.8. The van der Waals surface area contributed by atoms with Crippen LogP contribution in [0.15, 0.2) is 47.0 Å². The van der Waals surface area contributed by atoms with Gasteiger partial charge in [0.2, 0.25) is 11.7 Å². The minimum absolute atomic E-state index is 0.287. The number of benzene rings is 2. The van der Waals surface area contributed by atoms with Crippen LogP contribution in [-0.2, 0) is 6.54 Å². The Bertz CT molecular complexity index is 835. The summed E-state index contributed by atoms with van der Waals surface area (Å²) in [5, 5.41) is 6.99. The Morgan fingerprint density at radius 3 is 2.75 bits per heavy atom. The maximum absolute atomic E-state index is 13.1. The minimum Gasteiger partial charge on any atom is -0.497 e. The van der Waals surface area contributed by atoms with Crippen molar-refractivity contribution in [3.63, 3.8) is 0 Å². The van der Waals surface area contributed by atoms with E-state index in [4.69, 9.17) is 14.0 Å². The number of hydrogen-bond donors (Lipinski definition) is 1. The second-order valence-corrected chi connectivity index (χ2v) is 4.94. The molecule has 124 valence electrons. The third kappa shape index (κ3) is 3.45. The molecule has 0 amide bonds. The molecule has 3 aromatic rings. The predicted molar refractivity (Wildman–Crippen MR) is 86.6 cm³/mol. The van der Waals surface area contributed by atoms with Gasteiger partial charge in [0.05, 0.1) is 26.3 Å². The van der Waals surface area contributed by atoms with Gasteiger partial charge < -0.3 is 19.3 Å². The van der Waals surface area contributed by atoms with Gasteiger partial charge >= 0.3 is 0 Å². The second kappa shape index (κ2) is 6.99. The normalized spacial score (nSPS) is 10.5. The Morgan fingerprint density at radius 1 is 1.12 bits per heavy atom. The Hall–Kier alpha value is -3.09. The molecule has 0 bridgehead atoms. The zero-order valence-electron chi connectivity index (χ0n) is 13.2. The molecule has 1 N–H and O–H groups in total. The largest absolute Gasteiger partial charge is 0.497 e.